The van der Waals surface area contributed by atoms with Gasteiger partial charge in [-0.1, -0.05) is 18.1 Å². The lowest BCUT2D eigenvalue weighted by Gasteiger charge is -2.21. The van der Waals surface area contributed by atoms with E-state index in [2.05, 4.69) is 37.1 Å². The van der Waals surface area contributed by atoms with E-state index in [1.54, 1.807) is 25.1 Å². The van der Waals surface area contributed by atoms with Crippen LogP contribution in [0.2, 0.25) is 0 Å². The summed E-state index contributed by atoms with van der Waals surface area (Å²) >= 11 is 0. The first-order valence-electron chi connectivity index (χ1n) is 21.1. The number of para-hydroxylation sites is 1. The summed E-state index contributed by atoms with van der Waals surface area (Å²) in [6, 6.07) is 9.58. The number of benzene rings is 2. The van der Waals surface area contributed by atoms with Crippen molar-refractivity contribution in [2.75, 3.05) is 4.72 Å². The number of alkyl halides is 6. The maximum atomic E-state index is 14.2. The van der Waals surface area contributed by atoms with Crippen LogP contribution in [-0.2, 0) is 50.1 Å². The molecule has 3 saturated carbocycles. The van der Waals surface area contributed by atoms with Gasteiger partial charge in [0.2, 0.25) is 16.4 Å². The number of hydrogen-bond acceptors (Lipinski definition) is 8. The average Bonchev–Trinajstić information content (AvgIpc) is 4.13. The minimum absolute atomic E-state index is 0.108. The van der Waals surface area contributed by atoms with E-state index < -0.39 is 95.6 Å². The number of halogens is 8. The Hall–Kier alpha value is -5.56. The van der Waals surface area contributed by atoms with Crippen LogP contribution in [-0.4, -0.2) is 69.5 Å². The molecule has 1 unspecified atom stereocenters. The Bertz CT molecular complexity index is 2990. The molecule has 4 aliphatic carbocycles. The molecule has 3 fully saturated rings. The first-order valence-corrected chi connectivity index (χ1v) is 24.2. The highest BCUT2D eigenvalue weighted by molar-refractivity contribution is 7.94. The lowest BCUT2D eigenvalue weighted by atomic mass is 9.94. The fraction of sp³-hybridized carbons (Fsp3) is 0.455. The van der Waals surface area contributed by atoms with Crippen molar-refractivity contribution >= 4 is 43.0 Å². The normalized spacial score (nSPS) is 19.1. The number of anilines is 1. The van der Waals surface area contributed by atoms with E-state index in [-0.39, 0.29) is 69.0 Å². The van der Waals surface area contributed by atoms with Crippen molar-refractivity contribution in [3.05, 3.63) is 94.1 Å². The van der Waals surface area contributed by atoms with Crippen molar-refractivity contribution in [3.63, 3.8) is 0 Å². The summed E-state index contributed by atoms with van der Waals surface area (Å²) in [4.78, 5) is 16.6. The molecule has 66 heavy (non-hydrogen) atoms. The number of sulfonamides is 1. The Morgan fingerprint density at radius 2 is 1.59 bits per heavy atom. The van der Waals surface area contributed by atoms with Crippen LogP contribution < -0.4 is 10.0 Å². The molecule has 4 aliphatic rings. The molecule has 1 amide bonds. The zero-order chi connectivity index (χ0) is 47.7. The van der Waals surface area contributed by atoms with E-state index >= 15 is 0 Å². The second-order valence-corrected chi connectivity index (χ2v) is 22.0. The lowest BCUT2D eigenvalue weighted by molar-refractivity contribution is -0.110. The van der Waals surface area contributed by atoms with Crippen LogP contribution >= 0.6 is 0 Å². The van der Waals surface area contributed by atoms with E-state index in [1.807, 2.05) is 0 Å². The Balaban J connectivity index is 0.000000308. The van der Waals surface area contributed by atoms with Gasteiger partial charge in [-0.2, -0.15) is 19.0 Å². The molecule has 0 spiro atoms. The SMILES string of the molecule is CC(C)(C#Cc1ccc(-c2cccc3c(NS(=O)(=O)C4CC4)nn(CC(F)F)c23)c(C(Cc2cc(F)cc(F)c2)NC=O)n1)S(=O)(=O)C1CC1.CCn1nc(C(F)F)c2c1C(F)(F)[C@@H]1C[C@H]21. The molecule has 2 N–H and O–H groups in total. The highest BCUT2D eigenvalue weighted by atomic mass is 32.2. The van der Waals surface area contributed by atoms with Gasteiger partial charge in [0.05, 0.1) is 27.8 Å². The minimum atomic E-state index is -3.82. The molecule has 22 heteroatoms. The second kappa shape index (κ2) is 17.3. The van der Waals surface area contributed by atoms with Crippen LogP contribution in [0.3, 0.4) is 0 Å². The number of sulfone groups is 1. The van der Waals surface area contributed by atoms with Gasteiger partial charge in [-0.25, -0.2) is 48.2 Å². The van der Waals surface area contributed by atoms with Crippen LogP contribution in [0.15, 0.2) is 48.5 Å². The summed E-state index contributed by atoms with van der Waals surface area (Å²) < 4.78 is 164. The van der Waals surface area contributed by atoms with Gasteiger partial charge in [-0.15, -0.1) is 0 Å². The number of pyridine rings is 1. The van der Waals surface area contributed by atoms with Crippen LogP contribution in [0.25, 0.3) is 22.0 Å². The lowest BCUT2D eigenvalue weighted by Crippen LogP contribution is -2.33. The number of nitrogens with one attached hydrogen (secondary N) is 2. The molecule has 0 radical (unpaired) electrons. The zero-order valence-corrected chi connectivity index (χ0v) is 37.1. The monoisotopic (exact) mass is 965 g/mol. The van der Waals surface area contributed by atoms with E-state index in [0.717, 1.165) is 21.5 Å². The predicted octanol–water partition coefficient (Wildman–Crippen LogP) is 8.33. The third-order valence-corrected chi connectivity index (χ3v) is 16.8. The van der Waals surface area contributed by atoms with E-state index in [0.29, 0.717) is 44.6 Å². The van der Waals surface area contributed by atoms with Crippen molar-refractivity contribution in [2.24, 2.45) is 5.92 Å². The molecule has 0 bridgehead atoms. The third kappa shape index (κ3) is 8.99. The van der Waals surface area contributed by atoms with Crippen molar-refractivity contribution in [3.8, 4) is 23.0 Å². The minimum Gasteiger partial charge on any atom is -0.350 e. The largest absolute Gasteiger partial charge is 0.350 e. The predicted molar refractivity (Wildman–Crippen MR) is 227 cm³/mol. The van der Waals surface area contributed by atoms with Crippen molar-refractivity contribution < 1.29 is 56.8 Å². The van der Waals surface area contributed by atoms with E-state index in [4.69, 9.17) is 0 Å². The molecule has 2 aromatic carbocycles. The Labute approximate surface area is 374 Å². The smallest absolute Gasteiger partial charge is 0.293 e. The number of nitrogens with zero attached hydrogens (tertiary/aromatic N) is 5. The van der Waals surface area contributed by atoms with E-state index in [9.17, 15) is 56.8 Å². The molecule has 9 rings (SSSR count). The first-order chi connectivity index (χ1) is 31.1. The Morgan fingerprint density at radius 3 is 2.20 bits per heavy atom. The molecular formula is C44H43F8N7O5S2. The fourth-order valence-corrected chi connectivity index (χ4v) is 11.6. The number of aryl methyl sites for hydroxylation is 1. The quantitative estimate of drug-likeness (QED) is 0.0603. The average molecular weight is 966 g/mol. The zero-order valence-electron chi connectivity index (χ0n) is 35.5. The topological polar surface area (TPSA) is 158 Å². The molecule has 3 aromatic heterocycles. The number of fused-ring (bicyclic) bond motifs is 4. The number of amides is 1. The highest BCUT2D eigenvalue weighted by Gasteiger charge is 2.67. The maximum absolute atomic E-state index is 14.2. The highest BCUT2D eigenvalue weighted by Crippen LogP contribution is 2.68. The number of rotatable bonds is 15. The van der Waals surface area contributed by atoms with Gasteiger partial charge in [-0.3, -0.25) is 18.9 Å². The number of hydrogen-bond donors (Lipinski definition) is 2. The molecule has 0 saturated heterocycles. The molecule has 5 aromatic rings. The first kappa shape index (κ1) is 47.0. The Morgan fingerprint density at radius 1 is 0.909 bits per heavy atom. The summed E-state index contributed by atoms with van der Waals surface area (Å²) in [5.41, 5.74) is 0.511. The van der Waals surface area contributed by atoms with Gasteiger partial charge in [-0.05, 0) is 107 Å². The molecule has 3 heterocycles. The van der Waals surface area contributed by atoms with Gasteiger partial charge in [0.1, 0.15) is 40.0 Å². The van der Waals surface area contributed by atoms with Gasteiger partial charge < -0.3 is 5.32 Å². The summed E-state index contributed by atoms with van der Waals surface area (Å²) in [5.74, 6) is -0.342. The molecular weight excluding hydrogens is 923 g/mol. The summed E-state index contributed by atoms with van der Waals surface area (Å²) in [6.07, 6.45) is -3.06. The molecule has 352 valence electrons. The van der Waals surface area contributed by atoms with Crippen LogP contribution in [0, 0.1) is 29.4 Å². The molecule has 0 aliphatic heterocycles. The molecule has 12 nitrogen and oxygen atoms in total. The van der Waals surface area contributed by atoms with Crippen molar-refractivity contribution in [1.29, 1.82) is 0 Å². The second-order valence-electron chi connectivity index (χ2n) is 17.3. The maximum Gasteiger partial charge on any atom is 0.293 e. The third-order valence-electron chi connectivity index (χ3n) is 12.1. The molecule has 3 atom stereocenters. The van der Waals surface area contributed by atoms with Gasteiger partial charge >= 0.3 is 0 Å². The number of aromatic nitrogens is 5. The van der Waals surface area contributed by atoms with Crippen LogP contribution in [0.5, 0.6) is 0 Å². The van der Waals surface area contributed by atoms with Gasteiger partial charge in [0.15, 0.2) is 15.7 Å². The summed E-state index contributed by atoms with van der Waals surface area (Å²) in [6.45, 7) is 3.94. The van der Waals surface area contributed by atoms with Crippen molar-refractivity contribution in [2.45, 2.75) is 118 Å². The van der Waals surface area contributed by atoms with Gasteiger partial charge in [0.25, 0.3) is 18.8 Å². The van der Waals surface area contributed by atoms with Crippen LogP contribution in [0.4, 0.5) is 40.9 Å². The number of carbonyl (C=O) groups is 1. The van der Waals surface area contributed by atoms with Crippen LogP contribution in [0.1, 0.15) is 105 Å². The fourth-order valence-electron chi connectivity index (χ4n) is 8.48. The van der Waals surface area contributed by atoms with Crippen molar-refractivity contribution in [1.82, 2.24) is 29.9 Å². The summed E-state index contributed by atoms with van der Waals surface area (Å²) in [5, 5.41) is 9.59. The standard InChI is InChI=1S/C34H33F4N5O5S2.C10H10F4N2/c1-34(2,49(45,46)24-7-8-24)13-12-23-6-11-26(31(40-23)29(39-19-44)16-20-14-21(35)17-22(36)15-20)27-4-3-5-28-32(27)43(18-30(37)38)41-33(28)42-50(47,48)25-9-10-25;1-2-16-8-6(7(15-16)9(11)12)4-3-5(4)10(8,13)14/h3-6,11,14-15,17,19,24-25,29-30H,7-10,16,18H2,1-2H3,(H,39,44)(H,41,42);4-5,9H,2-3H2,1H3/t;4-,5+/m.0/s1. The van der Waals surface area contributed by atoms with Gasteiger partial charge in [0, 0.05) is 40.6 Å². The summed E-state index contributed by atoms with van der Waals surface area (Å²) in [7, 11) is -7.40. The van der Waals surface area contributed by atoms with E-state index in [1.165, 1.54) is 26.0 Å². The Kier molecular flexibility index (Phi) is 12.3. The number of carbonyl (C=O) groups excluding carboxylic acids is 1.